The molecule has 9 heteroatoms. The number of ether oxygens (including phenoxy) is 3. The second-order valence-corrected chi connectivity index (χ2v) is 7.89. The maximum Gasteiger partial charge on any atom is 0.276 e. The maximum atomic E-state index is 13.2. The van der Waals surface area contributed by atoms with Gasteiger partial charge >= 0.3 is 0 Å². The molecule has 0 N–H and O–H groups in total. The predicted octanol–water partition coefficient (Wildman–Crippen LogP) is 4.20. The molecule has 0 unspecified atom stereocenters. The van der Waals surface area contributed by atoms with Crippen molar-refractivity contribution in [3.63, 3.8) is 0 Å². The quantitative estimate of drug-likeness (QED) is 0.350. The lowest BCUT2D eigenvalue weighted by atomic mass is 10.1. The van der Waals surface area contributed by atoms with Crippen molar-refractivity contribution >= 4 is 5.52 Å². The smallest absolute Gasteiger partial charge is 0.276 e. The number of hydrogen-bond acceptors (Lipinski definition) is 7. The summed E-state index contributed by atoms with van der Waals surface area (Å²) in [6.45, 7) is 2.07. The van der Waals surface area contributed by atoms with Gasteiger partial charge in [-0.1, -0.05) is 30.3 Å². The third-order valence-electron chi connectivity index (χ3n) is 5.80. The largest absolute Gasteiger partial charge is 0.493 e. The molecule has 0 radical (unpaired) electrons. The van der Waals surface area contributed by atoms with Crippen LogP contribution in [-0.4, -0.2) is 40.5 Å². The average molecular weight is 473 g/mol. The Morgan fingerprint density at radius 3 is 2.29 bits per heavy atom. The van der Waals surface area contributed by atoms with Crippen molar-refractivity contribution in [2.75, 3.05) is 21.3 Å². The molecule has 0 saturated heterocycles. The van der Waals surface area contributed by atoms with E-state index in [4.69, 9.17) is 18.6 Å². The fourth-order valence-electron chi connectivity index (χ4n) is 3.96. The van der Waals surface area contributed by atoms with Gasteiger partial charge in [0.2, 0.25) is 11.6 Å². The van der Waals surface area contributed by atoms with E-state index in [1.807, 2.05) is 37.3 Å². The minimum Gasteiger partial charge on any atom is -0.493 e. The summed E-state index contributed by atoms with van der Waals surface area (Å²) in [7, 11) is 4.65. The molecule has 0 bridgehead atoms. The molecule has 3 heterocycles. The molecule has 0 aliphatic rings. The van der Waals surface area contributed by atoms with E-state index in [9.17, 15) is 4.79 Å². The van der Waals surface area contributed by atoms with Crippen LogP contribution in [0, 0.1) is 6.92 Å². The number of benzene rings is 2. The van der Waals surface area contributed by atoms with Gasteiger partial charge in [-0.05, 0) is 25.1 Å². The van der Waals surface area contributed by atoms with Gasteiger partial charge in [0, 0.05) is 23.5 Å². The number of aromatic nitrogens is 4. The fraction of sp³-hybridized carbons (Fsp3) is 0.192. The number of nitrogens with zero attached hydrogens (tertiary/aromatic N) is 4. The van der Waals surface area contributed by atoms with Crippen LogP contribution in [0.25, 0.3) is 28.2 Å². The first-order chi connectivity index (χ1) is 17.0. The highest BCUT2D eigenvalue weighted by Gasteiger charge is 2.19. The molecule has 0 atom stereocenters. The Hall–Kier alpha value is -4.53. The van der Waals surface area contributed by atoms with E-state index in [1.165, 1.54) is 0 Å². The van der Waals surface area contributed by atoms with Gasteiger partial charge in [-0.3, -0.25) is 4.79 Å². The number of hydrogen-bond donors (Lipinski definition) is 0. The van der Waals surface area contributed by atoms with E-state index < -0.39 is 0 Å². The molecule has 35 heavy (non-hydrogen) atoms. The molecular formula is C26H24N4O5. The molecule has 5 rings (SSSR count). The van der Waals surface area contributed by atoms with Crippen molar-refractivity contribution in [1.82, 2.24) is 19.2 Å². The number of aryl methyl sites for hydroxylation is 1. The van der Waals surface area contributed by atoms with Crippen molar-refractivity contribution in [1.29, 1.82) is 0 Å². The van der Waals surface area contributed by atoms with Gasteiger partial charge in [0.05, 0.1) is 33.6 Å². The van der Waals surface area contributed by atoms with Gasteiger partial charge in [-0.2, -0.15) is 5.10 Å². The molecule has 0 aliphatic carbocycles. The number of fused-ring (bicyclic) bond motifs is 1. The Labute approximate surface area is 201 Å². The predicted molar refractivity (Wildman–Crippen MR) is 130 cm³/mol. The standard InChI is InChI=1S/C26H24N4O5/c1-16-20(27-25(35-16)18-12-22(32-2)24(34-4)23(13-18)33-3)15-29-10-11-30-21(26(29)31)14-19(28-30)17-8-6-5-7-9-17/h5-14H,15H2,1-4H3. The van der Waals surface area contributed by atoms with E-state index in [0.29, 0.717) is 45.7 Å². The van der Waals surface area contributed by atoms with E-state index in [0.717, 1.165) is 11.3 Å². The Kier molecular flexibility index (Phi) is 5.74. The molecule has 178 valence electrons. The minimum atomic E-state index is -0.168. The van der Waals surface area contributed by atoms with Crippen molar-refractivity contribution in [2.45, 2.75) is 13.5 Å². The van der Waals surface area contributed by atoms with Crippen LogP contribution < -0.4 is 19.8 Å². The zero-order valence-electron chi connectivity index (χ0n) is 19.8. The van der Waals surface area contributed by atoms with Gasteiger partial charge in [-0.15, -0.1) is 0 Å². The molecule has 2 aromatic carbocycles. The van der Waals surface area contributed by atoms with Gasteiger partial charge < -0.3 is 23.2 Å². The lowest BCUT2D eigenvalue weighted by Crippen LogP contribution is -2.22. The molecule has 0 aliphatic heterocycles. The Morgan fingerprint density at radius 1 is 0.914 bits per heavy atom. The topological polar surface area (TPSA) is 93.0 Å². The van der Waals surface area contributed by atoms with Crippen LogP contribution in [0.4, 0.5) is 0 Å². The first-order valence-corrected chi connectivity index (χ1v) is 10.9. The lowest BCUT2D eigenvalue weighted by Gasteiger charge is -2.12. The summed E-state index contributed by atoms with van der Waals surface area (Å²) in [5.74, 6) is 2.48. The average Bonchev–Trinajstić information content (AvgIpc) is 3.49. The highest BCUT2D eigenvalue weighted by Crippen LogP contribution is 2.41. The number of methoxy groups -OCH3 is 3. The van der Waals surface area contributed by atoms with Crippen molar-refractivity contribution in [3.05, 3.63) is 82.7 Å². The van der Waals surface area contributed by atoms with E-state index in [-0.39, 0.29) is 12.1 Å². The van der Waals surface area contributed by atoms with E-state index >= 15 is 0 Å². The fourth-order valence-corrected chi connectivity index (χ4v) is 3.96. The van der Waals surface area contributed by atoms with Crippen LogP contribution in [0.5, 0.6) is 17.2 Å². The van der Waals surface area contributed by atoms with Crippen LogP contribution in [0.1, 0.15) is 11.5 Å². The van der Waals surface area contributed by atoms with E-state index in [1.54, 1.807) is 61.0 Å². The van der Waals surface area contributed by atoms with Crippen molar-refractivity contribution in [3.8, 4) is 40.0 Å². The third kappa shape index (κ3) is 4.01. The summed E-state index contributed by atoms with van der Waals surface area (Å²) in [5.41, 5.74) is 3.31. The first-order valence-electron chi connectivity index (χ1n) is 10.9. The van der Waals surface area contributed by atoms with Crippen LogP contribution >= 0.6 is 0 Å². The first kappa shape index (κ1) is 22.3. The monoisotopic (exact) mass is 472 g/mol. The summed E-state index contributed by atoms with van der Waals surface area (Å²) >= 11 is 0. The van der Waals surface area contributed by atoms with Gasteiger partial charge in [0.15, 0.2) is 11.5 Å². The van der Waals surface area contributed by atoms with Gasteiger partial charge in [-0.25, -0.2) is 9.50 Å². The number of rotatable bonds is 7. The highest BCUT2D eigenvalue weighted by atomic mass is 16.5. The SMILES string of the molecule is COc1cc(-c2nc(Cn3ccn4nc(-c5ccccc5)cc4c3=O)c(C)o2)cc(OC)c1OC. The molecule has 0 fully saturated rings. The molecule has 3 aromatic heterocycles. The van der Waals surface area contributed by atoms with Gasteiger partial charge in [0.25, 0.3) is 5.56 Å². The second kappa shape index (κ2) is 9.02. The van der Waals surface area contributed by atoms with Crippen LogP contribution in [0.3, 0.4) is 0 Å². The summed E-state index contributed by atoms with van der Waals surface area (Å²) in [6.07, 6.45) is 3.46. The van der Waals surface area contributed by atoms with Crippen LogP contribution in [0.2, 0.25) is 0 Å². The maximum absolute atomic E-state index is 13.2. The highest BCUT2D eigenvalue weighted by molar-refractivity contribution is 5.66. The van der Waals surface area contributed by atoms with Crippen molar-refractivity contribution < 1.29 is 18.6 Å². The Bertz CT molecular complexity index is 1540. The Morgan fingerprint density at radius 2 is 1.63 bits per heavy atom. The molecular weight excluding hydrogens is 448 g/mol. The second-order valence-electron chi connectivity index (χ2n) is 7.89. The molecule has 0 spiro atoms. The molecule has 9 nitrogen and oxygen atoms in total. The lowest BCUT2D eigenvalue weighted by molar-refractivity contribution is 0.324. The summed E-state index contributed by atoms with van der Waals surface area (Å²) in [5, 5.41) is 4.54. The van der Waals surface area contributed by atoms with Gasteiger partial charge in [0.1, 0.15) is 17.0 Å². The Balaban J connectivity index is 1.49. The summed E-state index contributed by atoms with van der Waals surface area (Å²) in [4.78, 5) is 17.9. The third-order valence-corrected chi connectivity index (χ3v) is 5.80. The van der Waals surface area contributed by atoms with E-state index in [2.05, 4.69) is 10.1 Å². The summed E-state index contributed by atoms with van der Waals surface area (Å²) < 4.78 is 25.4. The summed E-state index contributed by atoms with van der Waals surface area (Å²) in [6, 6.07) is 15.1. The minimum absolute atomic E-state index is 0.168. The zero-order valence-corrected chi connectivity index (χ0v) is 19.8. The van der Waals surface area contributed by atoms with Crippen LogP contribution in [-0.2, 0) is 6.54 Å². The van der Waals surface area contributed by atoms with Crippen molar-refractivity contribution in [2.24, 2.45) is 0 Å². The molecule has 0 amide bonds. The van der Waals surface area contributed by atoms with Crippen LogP contribution in [0.15, 0.2) is 70.1 Å². The molecule has 5 aromatic rings. The molecule has 0 saturated carbocycles. The number of oxazole rings is 1. The normalized spacial score (nSPS) is 11.1. The zero-order chi connectivity index (χ0) is 24.5.